The fourth-order valence-corrected chi connectivity index (χ4v) is 4.95. The molecule has 34 heavy (non-hydrogen) atoms. The van der Waals surface area contributed by atoms with Crippen LogP contribution in [0, 0.1) is 5.82 Å². The summed E-state index contributed by atoms with van der Waals surface area (Å²) >= 11 is 1.26. The van der Waals surface area contributed by atoms with Gasteiger partial charge in [-0.2, -0.15) is 0 Å². The van der Waals surface area contributed by atoms with Gasteiger partial charge in [0.25, 0.3) is 0 Å². The van der Waals surface area contributed by atoms with E-state index in [0.717, 1.165) is 36.1 Å². The fraction of sp³-hybridized carbons (Fsp3) is 0.269. The molecule has 3 aromatic rings. The van der Waals surface area contributed by atoms with Gasteiger partial charge in [0.15, 0.2) is 6.04 Å². The monoisotopic (exact) mass is 479 g/mol. The maximum Gasteiger partial charge on any atom is 0.317 e. The highest BCUT2D eigenvalue weighted by Gasteiger charge is 2.38. The predicted molar refractivity (Wildman–Crippen MR) is 130 cm³/mol. The molecule has 0 unspecified atom stereocenters. The van der Waals surface area contributed by atoms with Crippen molar-refractivity contribution in [1.29, 1.82) is 0 Å². The van der Waals surface area contributed by atoms with E-state index >= 15 is 0 Å². The fourth-order valence-electron chi connectivity index (χ4n) is 4.14. The van der Waals surface area contributed by atoms with Gasteiger partial charge in [0.2, 0.25) is 5.91 Å². The Morgan fingerprint density at radius 2 is 1.68 bits per heavy atom. The third-order valence-corrected chi connectivity index (χ3v) is 6.77. The third kappa shape index (κ3) is 5.51. The van der Waals surface area contributed by atoms with Gasteiger partial charge in [-0.3, -0.25) is 19.3 Å². The van der Waals surface area contributed by atoms with Gasteiger partial charge in [0.05, 0.1) is 5.69 Å². The van der Waals surface area contributed by atoms with E-state index in [4.69, 9.17) is 0 Å². The largest absolute Gasteiger partial charge is 0.350 e. The Morgan fingerprint density at radius 3 is 2.35 bits per heavy atom. The van der Waals surface area contributed by atoms with Crippen LogP contribution in [0.15, 0.2) is 72.1 Å². The molecule has 1 aliphatic carbocycles. The molecule has 6 nitrogen and oxygen atoms in total. The molecule has 176 valence electrons. The van der Waals surface area contributed by atoms with Crippen LogP contribution in [0.4, 0.5) is 10.1 Å². The van der Waals surface area contributed by atoms with Crippen molar-refractivity contribution in [2.45, 2.75) is 44.3 Å². The van der Waals surface area contributed by atoms with E-state index in [1.165, 1.54) is 29.5 Å². The Hall–Kier alpha value is -3.52. The summed E-state index contributed by atoms with van der Waals surface area (Å²) in [6, 6.07) is 17.2. The first-order valence-corrected chi connectivity index (χ1v) is 12.2. The van der Waals surface area contributed by atoms with Crippen molar-refractivity contribution in [1.82, 2.24) is 10.6 Å². The summed E-state index contributed by atoms with van der Waals surface area (Å²) < 4.78 is 14.9. The first-order valence-electron chi connectivity index (χ1n) is 11.3. The van der Waals surface area contributed by atoms with E-state index in [1.807, 2.05) is 30.3 Å². The van der Waals surface area contributed by atoms with E-state index in [-0.39, 0.29) is 18.3 Å². The van der Waals surface area contributed by atoms with Crippen molar-refractivity contribution in [3.05, 3.63) is 88.4 Å². The van der Waals surface area contributed by atoms with Crippen LogP contribution < -0.4 is 15.5 Å². The Bertz CT molecular complexity index is 1130. The number of hydrogen-bond donors (Lipinski definition) is 2. The molecule has 1 saturated carbocycles. The molecular weight excluding hydrogens is 453 g/mol. The summed E-state index contributed by atoms with van der Waals surface area (Å²) in [4.78, 5) is 41.4. The van der Waals surface area contributed by atoms with E-state index in [2.05, 4.69) is 10.6 Å². The molecular formula is C26H26FN3O3S. The molecule has 1 fully saturated rings. The number of nitrogens with zero attached hydrogens (tertiary/aromatic N) is 1. The van der Waals surface area contributed by atoms with Crippen molar-refractivity contribution in [3.63, 3.8) is 0 Å². The molecule has 1 heterocycles. The molecule has 2 aromatic carbocycles. The lowest BCUT2D eigenvalue weighted by molar-refractivity contribution is -0.139. The smallest absolute Gasteiger partial charge is 0.317 e. The van der Waals surface area contributed by atoms with Gasteiger partial charge in [-0.05, 0) is 42.0 Å². The van der Waals surface area contributed by atoms with Crippen LogP contribution in [-0.2, 0) is 20.9 Å². The highest BCUT2D eigenvalue weighted by Crippen LogP contribution is 2.32. The number of halogens is 1. The SMILES string of the molecule is O=C(NC1CCCC1)C(=O)N(c1ccccc1F)[C@H](C(=O)NCc1ccccc1)c1cccs1. The minimum absolute atomic E-state index is 0.0917. The molecule has 1 aromatic heterocycles. The van der Waals surface area contributed by atoms with E-state index < -0.39 is 29.6 Å². The third-order valence-electron chi connectivity index (χ3n) is 5.84. The van der Waals surface area contributed by atoms with Crippen molar-refractivity contribution < 1.29 is 18.8 Å². The Morgan fingerprint density at radius 1 is 0.971 bits per heavy atom. The topological polar surface area (TPSA) is 78.5 Å². The summed E-state index contributed by atoms with van der Waals surface area (Å²) in [5, 5.41) is 7.38. The molecule has 1 aliphatic rings. The van der Waals surface area contributed by atoms with Gasteiger partial charge >= 0.3 is 11.8 Å². The predicted octanol–water partition coefficient (Wildman–Crippen LogP) is 4.34. The molecule has 0 aliphatic heterocycles. The molecule has 4 rings (SSSR count). The minimum atomic E-state index is -1.21. The number of thiophene rings is 1. The van der Waals surface area contributed by atoms with Crippen LogP contribution in [-0.4, -0.2) is 23.8 Å². The van der Waals surface area contributed by atoms with Crippen LogP contribution in [0.25, 0.3) is 0 Å². The number of hydrogen-bond acceptors (Lipinski definition) is 4. The quantitative estimate of drug-likeness (QED) is 0.495. The Kier molecular flexibility index (Phi) is 7.69. The van der Waals surface area contributed by atoms with Crippen LogP contribution in [0.3, 0.4) is 0 Å². The highest BCUT2D eigenvalue weighted by molar-refractivity contribution is 7.10. The lowest BCUT2D eigenvalue weighted by Crippen LogP contribution is -2.51. The molecule has 0 radical (unpaired) electrons. The molecule has 8 heteroatoms. The van der Waals surface area contributed by atoms with Crippen LogP contribution in [0.2, 0.25) is 0 Å². The lowest BCUT2D eigenvalue weighted by Gasteiger charge is -2.30. The first-order chi connectivity index (χ1) is 16.5. The Balaban J connectivity index is 1.67. The van der Waals surface area contributed by atoms with Gasteiger partial charge in [-0.25, -0.2) is 4.39 Å². The number of amides is 3. The first kappa shape index (κ1) is 23.6. The van der Waals surface area contributed by atoms with Gasteiger partial charge < -0.3 is 10.6 Å². The number of rotatable bonds is 7. The second-order valence-corrected chi connectivity index (χ2v) is 9.18. The van der Waals surface area contributed by atoms with Crippen LogP contribution in [0.1, 0.15) is 42.2 Å². The van der Waals surface area contributed by atoms with Crippen LogP contribution in [0.5, 0.6) is 0 Å². The molecule has 1 atom stereocenters. The van der Waals surface area contributed by atoms with Crippen molar-refractivity contribution >= 4 is 34.7 Å². The zero-order valence-electron chi connectivity index (χ0n) is 18.6. The van der Waals surface area contributed by atoms with E-state index in [0.29, 0.717) is 4.88 Å². The number of carbonyl (C=O) groups is 3. The average Bonchev–Trinajstić information content (AvgIpc) is 3.56. The molecule has 3 amide bonds. The zero-order chi connectivity index (χ0) is 23.9. The van der Waals surface area contributed by atoms with Gasteiger partial charge in [-0.15, -0.1) is 11.3 Å². The zero-order valence-corrected chi connectivity index (χ0v) is 19.4. The number of carbonyl (C=O) groups excluding carboxylic acids is 3. The Labute approximate surface area is 201 Å². The van der Waals surface area contributed by atoms with Gasteiger partial charge in [0, 0.05) is 17.5 Å². The van der Waals surface area contributed by atoms with E-state index in [1.54, 1.807) is 23.6 Å². The normalized spacial score (nSPS) is 14.4. The standard InChI is InChI=1S/C26H26FN3O3S/c27-20-13-6-7-14-21(20)30(26(33)25(32)29-19-11-4-5-12-19)23(22-15-8-16-34-22)24(31)28-17-18-9-2-1-3-10-18/h1-3,6-10,13-16,19,23H,4-5,11-12,17H2,(H,28,31)(H,29,32)/t23-/m0/s1. The van der Waals surface area contributed by atoms with Gasteiger partial charge in [0.1, 0.15) is 5.82 Å². The molecule has 2 N–H and O–H groups in total. The summed E-state index contributed by atoms with van der Waals surface area (Å²) in [6.07, 6.45) is 3.56. The molecule has 0 bridgehead atoms. The number of anilines is 1. The number of nitrogens with one attached hydrogen (secondary N) is 2. The number of benzene rings is 2. The van der Waals surface area contributed by atoms with E-state index in [9.17, 15) is 18.8 Å². The van der Waals surface area contributed by atoms with Crippen LogP contribution >= 0.6 is 11.3 Å². The minimum Gasteiger partial charge on any atom is -0.350 e. The van der Waals surface area contributed by atoms with Crippen molar-refractivity contribution in [2.24, 2.45) is 0 Å². The second-order valence-electron chi connectivity index (χ2n) is 8.20. The second kappa shape index (κ2) is 11.1. The summed E-state index contributed by atoms with van der Waals surface area (Å²) in [5.74, 6) is -3.00. The highest BCUT2D eigenvalue weighted by atomic mass is 32.1. The maximum absolute atomic E-state index is 14.9. The summed E-state index contributed by atoms with van der Waals surface area (Å²) in [6.45, 7) is 0.231. The average molecular weight is 480 g/mol. The van der Waals surface area contributed by atoms with Crippen molar-refractivity contribution in [2.75, 3.05) is 4.90 Å². The number of para-hydroxylation sites is 1. The molecule has 0 spiro atoms. The van der Waals surface area contributed by atoms with Gasteiger partial charge in [-0.1, -0.05) is 61.4 Å². The maximum atomic E-state index is 14.9. The molecule has 0 saturated heterocycles. The lowest BCUT2D eigenvalue weighted by atomic mass is 10.1. The summed E-state index contributed by atoms with van der Waals surface area (Å²) in [5.41, 5.74) is 0.755. The van der Waals surface area contributed by atoms with Crippen molar-refractivity contribution in [3.8, 4) is 0 Å². The summed E-state index contributed by atoms with van der Waals surface area (Å²) in [7, 11) is 0.